The van der Waals surface area contributed by atoms with E-state index in [2.05, 4.69) is 20.9 Å². The van der Waals surface area contributed by atoms with Crippen LogP contribution in [0.4, 0.5) is 0 Å². The molecule has 2 unspecified atom stereocenters. The number of aromatic nitrogens is 1. The molecule has 1 aromatic heterocycles. The zero-order chi connectivity index (χ0) is 28.1. The van der Waals surface area contributed by atoms with Crippen LogP contribution in [0.15, 0.2) is 54.7 Å². The molecule has 40 heavy (non-hydrogen) atoms. The second-order valence-corrected chi connectivity index (χ2v) is 11.0. The van der Waals surface area contributed by atoms with E-state index in [4.69, 9.17) is 11.6 Å². The van der Waals surface area contributed by atoms with Crippen molar-refractivity contribution in [1.82, 2.24) is 25.8 Å². The minimum Gasteiger partial charge on any atom is -0.361 e. The van der Waals surface area contributed by atoms with E-state index in [-0.39, 0.29) is 49.7 Å². The molecular weight excluding hydrogens is 530 g/mol. The first-order chi connectivity index (χ1) is 19.4. The molecule has 0 radical (unpaired) electrons. The molecule has 2 atom stereocenters. The first-order valence-electron chi connectivity index (χ1n) is 13.8. The number of carbonyl (C=O) groups excluding carboxylic acids is 4. The van der Waals surface area contributed by atoms with Crippen molar-refractivity contribution in [2.75, 3.05) is 13.1 Å². The van der Waals surface area contributed by atoms with E-state index in [1.54, 1.807) is 6.07 Å². The lowest BCUT2D eigenvalue weighted by atomic mass is 9.82. The molecule has 210 valence electrons. The third-order valence-corrected chi connectivity index (χ3v) is 8.21. The highest BCUT2D eigenvalue weighted by Gasteiger charge is 2.39. The number of H-pyrrole nitrogens is 1. The monoisotopic (exact) mass is 563 g/mol. The van der Waals surface area contributed by atoms with Gasteiger partial charge < -0.3 is 25.8 Å². The summed E-state index contributed by atoms with van der Waals surface area (Å²) >= 11 is 6.26. The molecule has 9 nitrogen and oxygen atoms in total. The summed E-state index contributed by atoms with van der Waals surface area (Å²) in [6.45, 7) is -0.272. The number of nitrogens with one attached hydrogen (secondary N) is 4. The van der Waals surface area contributed by atoms with E-state index in [0.29, 0.717) is 5.02 Å². The van der Waals surface area contributed by atoms with Gasteiger partial charge in [0.2, 0.25) is 23.6 Å². The van der Waals surface area contributed by atoms with Crippen molar-refractivity contribution in [2.45, 2.75) is 57.2 Å². The zero-order valence-corrected chi connectivity index (χ0v) is 23.0. The lowest BCUT2D eigenvalue weighted by Crippen LogP contribution is -2.62. The molecular formula is C30H34ClN5O4. The van der Waals surface area contributed by atoms with Gasteiger partial charge in [-0.2, -0.15) is 0 Å². The van der Waals surface area contributed by atoms with Gasteiger partial charge in [-0.3, -0.25) is 19.2 Å². The van der Waals surface area contributed by atoms with E-state index in [1.165, 1.54) is 4.90 Å². The van der Waals surface area contributed by atoms with Crippen LogP contribution >= 0.6 is 11.6 Å². The summed E-state index contributed by atoms with van der Waals surface area (Å²) in [4.78, 5) is 56.8. The second kappa shape index (κ2) is 12.6. The van der Waals surface area contributed by atoms with E-state index >= 15 is 0 Å². The normalized spacial score (nSPS) is 18.8. The van der Waals surface area contributed by atoms with E-state index < -0.39 is 18.0 Å². The number of halogens is 1. The van der Waals surface area contributed by atoms with Crippen molar-refractivity contribution in [1.29, 1.82) is 0 Å². The van der Waals surface area contributed by atoms with Crippen molar-refractivity contribution in [3.8, 4) is 0 Å². The van der Waals surface area contributed by atoms with Crippen LogP contribution in [0.3, 0.4) is 0 Å². The van der Waals surface area contributed by atoms with Crippen LogP contribution < -0.4 is 16.0 Å². The second-order valence-electron chi connectivity index (χ2n) is 10.6. The topological polar surface area (TPSA) is 123 Å². The van der Waals surface area contributed by atoms with Crippen LogP contribution in [-0.2, 0) is 32.1 Å². The lowest BCUT2D eigenvalue weighted by molar-refractivity contribution is -0.148. The number of nitrogens with zero attached hydrogens (tertiary/aromatic N) is 1. The number of carbonyl (C=O) groups is 4. The number of aromatic amines is 1. The predicted octanol–water partition coefficient (Wildman–Crippen LogP) is 3.07. The van der Waals surface area contributed by atoms with E-state index in [0.717, 1.165) is 54.1 Å². The van der Waals surface area contributed by atoms with Crippen LogP contribution in [0.25, 0.3) is 10.9 Å². The Morgan fingerprint density at radius 2 is 1.75 bits per heavy atom. The summed E-state index contributed by atoms with van der Waals surface area (Å²) in [6.07, 6.45) is 7.03. The van der Waals surface area contributed by atoms with Gasteiger partial charge >= 0.3 is 0 Å². The molecule has 4 N–H and O–H groups in total. The third-order valence-electron chi connectivity index (χ3n) is 7.85. The zero-order valence-electron chi connectivity index (χ0n) is 22.3. The fourth-order valence-electron chi connectivity index (χ4n) is 5.74. The number of benzene rings is 2. The van der Waals surface area contributed by atoms with Crippen molar-refractivity contribution >= 4 is 46.1 Å². The Balaban J connectivity index is 1.29. The molecule has 1 aliphatic heterocycles. The Morgan fingerprint density at radius 1 is 1.00 bits per heavy atom. The third kappa shape index (κ3) is 6.47. The van der Waals surface area contributed by atoms with Crippen molar-refractivity contribution in [2.24, 2.45) is 5.92 Å². The molecule has 2 fully saturated rings. The maximum Gasteiger partial charge on any atom is 0.246 e. The standard InChI is InChI=1S/C30H34ClN5O4/c31-23-12-6-4-10-20(23)15-33-29(39)25(14-21-16-32-24-13-7-5-11-22(21)24)34-26(37)17-36-18-27(38)35-28(30(36)40)19-8-2-1-3-9-19/h4-7,10-13,16,19,25,28,32H,1-3,8-9,14-15,17-18H2,(H,33,39)(H,34,37)(H,35,38). The molecule has 0 spiro atoms. The highest BCUT2D eigenvalue weighted by Crippen LogP contribution is 2.28. The van der Waals surface area contributed by atoms with Gasteiger partial charge in [0.25, 0.3) is 0 Å². The average Bonchev–Trinajstić information content (AvgIpc) is 3.37. The predicted molar refractivity (Wildman–Crippen MR) is 152 cm³/mol. The van der Waals surface area contributed by atoms with Gasteiger partial charge in [0.15, 0.2) is 0 Å². The summed E-state index contributed by atoms with van der Waals surface area (Å²) in [5, 5.41) is 10.0. The van der Waals surface area contributed by atoms with Crippen molar-refractivity contribution in [3.05, 3.63) is 70.9 Å². The maximum atomic E-state index is 13.4. The van der Waals surface area contributed by atoms with Crippen molar-refractivity contribution in [3.63, 3.8) is 0 Å². The average molecular weight is 564 g/mol. The van der Waals surface area contributed by atoms with Crippen molar-refractivity contribution < 1.29 is 19.2 Å². The molecule has 2 aliphatic rings. The maximum absolute atomic E-state index is 13.4. The van der Waals surface area contributed by atoms with E-state index in [1.807, 2.05) is 48.7 Å². The Kier molecular flexibility index (Phi) is 8.69. The van der Waals surface area contributed by atoms with E-state index in [9.17, 15) is 19.2 Å². The number of hydrogen-bond acceptors (Lipinski definition) is 4. The Bertz CT molecular complexity index is 1400. The minimum atomic E-state index is -0.906. The highest BCUT2D eigenvalue weighted by molar-refractivity contribution is 6.31. The van der Waals surface area contributed by atoms with Gasteiger partial charge in [-0.1, -0.05) is 67.3 Å². The van der Waals surface area contributed by atoms with Gasteiger partial charge in [-0.05, 0) is 42.0 Å². The van der Waals surface area contributed by atoms with Crippen LogP contribution in [0.5, 0.6) is 0 Å². The SMILES string of the molecule is O=C(CN1CC(=O)NC(C2CCCCC2)C1=O)NC(Cc1c[nH]c2ccccc12)C(=O)NCc1ccccc1Cl. The summed E-state index contributed by atoms with van der Waals surface area (Å²) in [6, 6.07) is 13.5. The minimum absolute atomic E-state index is 0.0845. The lowest BCUT2D eigenvalue weighted by Gasteiger charge is -2.37. The smallest absolute Gasteiger partial charge is 0.246 e. The number of fused-ring (bicyclic) bond motifs is 1. The fraction of sp³-hybridized carbons (Fsp3) is 0.400. The van der Waals surface area contributed by atoms with Gasteiger partial charge in [0.05, 0.1) is 0 Å². The summed E-state index contributed by atoms with van der Waals surface area (Å²) in [5.41, 5.74) is 2.56. The summed E-state index contributed by atoms with van der Waals surface area (Å²) < 4.78 is 0. The highest BCUT2D eigenvalue weighted by atomic mass is 35.5. The number of rotatable bonds is 9. The van der Waals surface area contributed by atoms with Crippen LogP contribution in [0.2, 0.25) is 5.02 Å². The van der Waals surface area contributed by atoms with Crippen LogP contribution in [0, 0.1) is 5.92 Å². The molecule has 3 aromatic rings. The number of hydrogen-bond donors (Lipinski definition) is 4. The number of para-hydroxylation sites is 1. The quantitative estimate of drug-likeness (QED) is 0.319. The molecule has 10 heteroatoms. The molecule has 1 saturated heterocycles. The van der Waals surface area contributed by atoms with Gasteiger partial charge in [-0.25, -0.2) is 0 Å². The Labute approximate surface area is 238 Å². The fourth-order valence-corrected chi connectivity index (χ4v) is 5.94. The molecule has 5 rings (SSSR count). The molecule has 4 amide bonds. The number of amides is 4. The molecule has 1 aliphatic carbocycles. The molecule has 1 saturated carbocycles. The largest absolute Gasteiger partial charge is 0.361 e. The first kappa shape index (κ1) is 27.7. The molecule has 2 aromatic carbocycles. The molecule has 2 heterocycles. The first-order valence-corrected chi connectivity index (χ1v) is 14.2. The summed E-state index contributed by atoms with van der Waals surface area (Å²) in [5.74, 6) is -1.29. The van der Waals surface area contributed by atoms with Crippen LogP contribution in [-0.4, -0.2) is 58.7 Å². The Morgan fingerprint density at radius 3 is 2.55 bits per heavy atom. The Hall–Kier alpha value is -3.85. The molecule has 0 bridgehead atoms. The van der Waals surface area contributed by atoms with Gasteiger partial charge in [0, 0.05) is 35.1 Å². The van der Waals surface area contributed by atoms with Gasteiger partial charge in [0.1, 0.15) is 25.2 Å². The van der Waals surface area contributed by atoms with Crippen LogP contribution in [0.1, 0.15) is 43.2 Å². The number of piperazine rings is 1. The summed E-state index contributed by atoms with van der Waals surface area (Å²) in [7, 11) is 0. The van der Waals surface area contributed by atoms with Gasteiger partial charge in [-0.15, -0.1) is 0 Å².